The van der Waals surface area contributed by atoms with Crippen LogP contribution in [0, 0.1) is 11.8 Å². The molecule has 3 fully saturated rings. The van der Waals surface area contributed by atoms with E-state index in [1.807, 2.05) is 25.1 Å². The summed E-state index contributed by atoms with van der Waals surface area (Å²) in [5, 5.41) is 12.2. The van der Waals surface area contributed by atoms with E-state index in [9.17, 15) is 9.90 Å². The molecule has 24 heavy (non-hydrogen) atoms. The lowest BCUT2D eigenvalue weighted by molar-refractivity contribution is 0.0315. The summed E-state index contributed by atoms with van der Waals surface area (Å²) < 4.78 is 10.8. The Hall–Kier alpha value is -1.95. The molecule has 0 aromatic heterocycles. The summed E-state index contributed by atoms with van der Waals surface area (Å²) >= 11 is 0. The van der Waals surface area contributed by atoms with Gasteiger partial charge in [-0.1, -0.05) is 6.07 Å². The predicted molar refractivity (Wildman–Crippen MR) is 88.3 cm³/mol. The third kappa shape index (κ3) is 2.79. The highest BCUT2D eigenvalue weighted by Gasteiger charge is 2.40. The minimum atomic E-state index is -0.989. The average molecular weight is 332 g/mol. The molecule has 0 radical (unpaired) electrons. The standard InChI is InChI=1S/C18H24N2O4/c1-18(19-17(21)22,9-13-10-20-6-4-12(13)5-7-20)14-2-3-15-16(8-14)24-11-23-15/h2-3,8,12-13,19H,4-7,9-11H2,1H3,(H,21,22). The van der Waals surface area contributed by atoms with E-state index in [0.717, 1.165) is 24.3 Å². The van der Waals surface area contributed by atoms with Gasteiger partial charge in [-0.15, -0.1) is 0 Å². The predicted octanol–water partition coefficient (Wildman–Crippen LogP) is 2.63. The van der Waals surface area contributed by atoms with Crippen molar-refractivity contribution in [3.63, 3.8) is 0 Å². The van der Waals surface area contributed by atoms with Crippen LogP contribution in [0.1, 0.15) is 31.7 Å². The molecule has 6 heteroatoms. The molecular formula is C18H24N2O4. The zero-order chi connectivity index (χ0) is 16.7. The zero-order valence-corrected chi connectivity index (χ0v) is 14.0. The molecule has 3 saturated heterocycles. The largest absolute Gasteiger partial charge is 0.465 e. The van der Waals surface area contributed by atoms with Crippen molar-refractivity contribution in [3.05, 3.63) is 23.8 Å². The number of carboxylic acid groups (broad SMARTS) is 1. The molecule has 1 amide bonds. The minimum Gasteiger partial charge on any atom is -0.465 e. The SMILES string of the molecule is CC(CC1CN2CCC1CC2)(NC(=O)O)c1ccc2c(c1)OCO2. The van der Waals surface area contributed by atoms with Crippen LogP contribution in [0.4, 0.5) is 4.79 Å². The first-order valence-corrected chi connectivity index (χ1v) is 8.67. The number of rotatable bonds is 4. The van der Waals surface area contributed by atoms with Gasteiger partial charge in [0.2, 0.25) is 6.79 Å². The van der Waals surface area contributed by atoms with Crippen molar-refractivity contribution >= 4 is 6.09 Å². The number of benzene rings is 1. The van der Waals surface area contributed by atoms with Crippen molar-refractivity contribution in [2.24, 2.45) is 11.8 Å². The summed E-state index contributed by atoms with van der Waals surface area (Å²) in [5.41, 5.74) is 0.307. The van der Waals surface area contributed by atoms with Crippen molar-refractivity contribution < 1.29 is 19.4 Å². The molecule has 2 atom stereocenters. The van der Waals surface area contributed by atoms with Gasteiger partial charge in [0, 0.05) is 6.54 Å². The first-order chi connectivity index (χ1) is 11.5. The van der Waals surface area contributed by atoms with E-state index in [1.165, 1.54) is 25.9 Å². The van der Waals surface area contributed by atoms with Gasteiger partial charge in [0.25, 0.3) is 0 Å². The second kappa shape index (κ2) is 5.84. The normalized spacial score (nSPS) is 30.0. The molecule has 2 bridgehead atoms. The van der Waals surface area contributed by atoms with Gasteiger partial charge in [0.05, 0.1) is 5.54 Å². The average Bonchev–Trinajstić information content (AvgIpc) is 3.02. The molecule has 4 aliphatic rings. The fourth-order valence-corrected chi connectivity index (χ4v) is 4.56. The van der Waals surface area contributed by atoms with E-state index in [-0.39, 0.29) is 6.79 Å². The molecule has 0 spiro atoms. The highest BCUT2D eigenvalue weighted by Crippen LogP contribution is 2.42. The van der Waals surface area contributed by atoms with E-state index in [0.29, 0.717) is 17.6 Å². The molecule has 0 saturated carbocycles. The highest BCUT2D eigenvalue weighted by molar-refractivity contribution is 5.66. The lowest BCUT2D eigenvalue weighted by atomic mass is 9.71. The fourth-order valence-electron chi connectivity index (χ4n) is 4.56. The second-order valence-electron chi connectivity index (χ2n) is 7.43. The highest BCUT2D eigenvalue weighted by atomic mass is 16.7. The van der Waals surface area contributed by atoms with Crippen LogP contribution in [-0.2, 0) is 5.54 Å². The van der Waals surface area contributed by atoms with E-state index < -0.39 is 11.6 Å². The van der Waals surface area contributed by atoms with Gasteiger partial charge in [0.15, 0.2) is 11.5 Å². The Balaban J connectivity index is 1.61. The molecule has 5 rings (SSSR count). The maximum absolute atomic E-state index is 11.4. The van der Waals surface area contributed by atoms with Gasteiger partial charge in [-0.3, -0.25) is 0 Å². The van der Waals surface area contributed by atoms with E-state index in [4.69, 9.17) is 9.47 Å². The van der Waals surface area contributed by atoms with Crippen LogP contribution in [0.25, 0.3) is 0 Å². The fraction of sp³-hybridized carbons (Fsp3) is 0.611. The van der Waals surface area contributed by atoms with Crippen molar-refractivity contribution in [2.45, 2.75) is 31.7 Å². The van der Waals surface area contributed by atoms with Gasteiger partial charge in [0.1, 0.15) is 0 Å². The maximum atomic E-state index is 11.4. The van der Waals surface area contributed by atoms with Crippen LogP contribution in [-0.4, -0.2) is 42.5 Å². The van der Waals surface area contributed by atoms with E-state index >= 15 is 0 Å². The number of hydrogen-bond acceptors (Lipinski definition) is 4. The van der Waals surface area contributed by atoms with Gasteiger partial charge >= 0.3 is 6.09 Å². The Morgan fingerprint density at radius 2 is 2.08 bits per heavy atom. The molecule has 4 aliphatic heterocycles. The van der Waals surface area contributed by atoms with Crippen LogP contribution in [0.2, 0.25) is 0 Å². The van der Waals surface area contributed by atoms with Crippen LogP contribution in [0.3, 0.4) is 0 Å². The number of fused-ring (bicyclic) bond motifs is 4. The quantitative estimate of drug-likeness (QED) is 0.887. The zero-order valence-electron chi connectivity index (χ0n) is 14.0. The molecule has 130 valence electrons. The summed E-state index contributed by atoms with van der Waals surface area (Å²) in [7, 11) is 0. The van der Waals surface area contributed by atoms with Crippen LogP contribution < -0.4 is 14.8 Å². The monoisotopic (exact) mass is 332 g/mol. The third-order valence-electron chi connectivity index (χ3n) is 5.85. The first kappa shape index (κ1) is 15.6. The molecule has 2 N–H and O–H groups in total. The summed E-state index contributed by atoms with van der Waals surface area (Å²) in [6.45, 7) is 5.66. The van der Waals surface area contributed by atoms with Crippen LogP contribution >= 0.6 is 0 Å². The van der Waals surface area contributed by atoms with Crippen molar-refractivity contribution in [3.8, 4) is 11.5 Å². The lowest BCUT2D eigenvalue weighted by Gasteiger charge is -2.47. The minimum absolute atomic E-state index is 0.224. The molecule has 4 heterocycles. The number of nitrogens with one attached hydrogen (secondary N) is 1. The number of carbonyl (C=O) groups is 1. The van der Waals surface area contributed by atoms with Crippen molar-refractivity contribution in [1.29, 1.82) is 0 Å². The molecule has 1 aromatic rings. The topological polar surface area (TPSA) is 71.0 Å². The molecule has 2 unspecified atom stereocenters. The van der Waals surface area contributed by atoms with E-state index in [2.05, 4.69) is 10.2 Å². The van der Waals surface area contributed by atoms with Gasteiger partial charge < -0.3 is 24.8 Å². The number of nitrogens with zero attached hydrogens (tertiary/aromatic N) is 1. The van der Waals surface area contributed by atoms with Crippen LogP contribution in [0.15, 0.2) is 18.2 Å². The Kier molecular flexibility index (Phi) is 3.79. The van der Waals surface area contributed by atoms with Crippen LogP contribution in [0.5, 0.6) is 11.5 Å². The van der Waals surface area contributed by atoms with Gasteiger partial charge in [-0.2, -0.15) is 0 Å². The van der Waals surface area contributed by atoms with Gasteiger partial charge in [-0.25, -0.2) is 4.79 Å². The van der Waals surface area contributed by atoms with Crippen molar-refractivity contribution in [2.75, 3.05) is 26.4 Å². The summed E-state index contributed by atoms with van der Waals surface area (Å²) in [6.07, 6.45) is 2.28. The lowest BCUT2D eigenvalue weighted by Crippen LogP contribution is -2.52. The number of hydrogen-bond donors (Lipinski definition) is 2. The Labute approximate surface area is 141 Å². The first-order valence-electron chi connectivity index (χ1n) is 8.67. The molecule has 1 aromatic carbocycles. The molecule has 0 aliphatic carbocycles. The molecule has 6 nitrogen and oxygen atoms in total. The summed E-state index contributed by atoms with van der Waals surface area (Å²) in [4.78, 5) is 14.0. The van der Waals surface area contributed by atoms with Crippen molar-refractivity contribution in [1.82, 2.24) is 10.2 Å². The second-order valence-corrected chi connectivity index (χ2v) is 7.43. The number of amides is 1. The van der Waals surface area contributed by atoms with E-state index in [1.54, 1.807) is 0 Å². The Morgan fingerprint density at radius 1 is 1.33 bits per heavy atom. The third-order valence-corrected chi connectivity index (χ3v) is 5.85. The smallest absolute Gasteiger partial charge is 0.405 e. The maximum Gasteiger partial charge on any atom is 0.405 e. The number of ether oxygens (including phenoxy) is 2. The summed E-state index contributed by atoms with van der Waals surface area (Å²) in [6, 6.07) is 5.74. The van der Waals surface area contributed by atoms with Gasteiger partial charge in [-0.05, 0) is 68.8 Å². The number of piperidine rings is 3. The Morgan fingerprint density at radius 3 is 2.75 bits per heavy atom. The summed E-state index contributed by atoms with van der Waals surface area (Å²) in [5.74, 6) is 2.65. The Bertz CT molecular complexity index is 642. The molecular weight excluding hydrogens is 308 g/mol.